The molecule has 100 valence electrons. The topological polar surface area (TPSA) is 29.1 Å². The van der Waals surface area contributed by atoms with Crippen LogP contribution in [0.2, 0.25) is 10.0 Å². The molecule has 0 saturated carbocycles. The number of nitrogens with one attached hydrogen (secondary N) is 1. The van der Waals surface area contributed by atoms with E-state index < -0.39 is 0 Å². The standard InChI is InChI=1S/C13H16Cl3NO/c1-8(2)12(5-6-14)17-13(18)10-7-9(15)3-4-11(10)16/h3-4,7-8,12H,5-6H2,1-2H3,(H,17,18). The number of hydrogen-bond donors (Lipinski definition) is 1. The van der Waals surface area contributed by atoms with Crippen molar-refractivity contribution in [2.75, 3.05) is 5.88 Å². The average Bonchev–Trinajstić information content (AvgIpc) is 2.31. The van der Waals surface area contributed by atoms with E-state index in [0.717, 1.165) is 6.42 Å². The van der Waals surface area contributed by atoms with Crippen molar-refractivity contribution >= 4 is 40.7 Å². The van der Waals surface area contributed by atoms with Crippen LogP contribution in [-0.2, 0) is 0 Å². The Morgan fingerprint density at radius 3 is 2.56 bits per heavy atom. The summed E-state index contributed by atoms with van der Waals surface area (Å²) in [7, 11) is 0. The molecule has 0 bridgehead atoms. The molecular weight excluding hydrogens is 293 g/mol. The van der Waals surface area contributed by atoms with Gasteiger partial charge >= 0.3 is 0 Å². The first-order chi connectivity index (χ1) is 8.45. The SMILES string of the molecule is CC(C)C(CCCl)NC(=O)c1cc(Cl)ccc1Cl. The van der Waals surface area contributed by atoms with Crippen molar-refractivity contribution in [1.29, 1.82) is 0 Å². The third-order valence-corrected chi connectivity index (χ3v) is 3.50. The van der Waals surface area contributed by atoms with Crippen LogP contribution >= 0.6 is 34.8 Å². The molecule has 0 saturated heterocycles. The molecule has 0 aliphatic heterocycles. The van der Waals surface area contributed by atoms with Gasteiger partial charge in [-0.25, -0.2) is 0 Å². The first-order valence-corrected chi connectivity index (χ1v) is 7.06. The highest BCUT2D eigenvalue weighted by Gasteiger charge is 2.18. The lowest BCUT2D eigenvalue weighted by Gasteiger charge is -2.21. The van der Waals surface area contributed by atoms with E-state index in [0.29, 0.717) is 27.4 Å². The van der Waals surface area contributed by atoms with Crippen LogP contribution in [0.5, 0.6) is 0 Å². The zero-order chi connectivity index (χ0) is 13.7. The quantitative estimate of drug-likeness (QED) is 0.804. The maximum Gasteiger partial charge on any atom is 0.253 e. The van der Waals surface area contributed by atoms with Crippen LogP contribution in [0, 0.1) is 5.92 Å². The first-order valence-electron chi connectivity index (χ1n) is 5.77. The number of alkyl halides is 1. The highest BCUT2D eigenvalue weighted by atomic mass is 35.5. The molecule has 5 heteroatoms. The van der Waals surface area contributed by atoms with Gasteiger partial charge in [0.25, 0.3) is 5.91 Å². The number of hydrogen-bond acceptors (Lipinski definition) is 1. The van der Waals surface area contributed by atoms with Gasteiger partial charge in [0.15, 0.2) is 0 Å². The van der Waals surface area contributed by atoms with Crippen molar-refractivity contribution in [1.82, 2.24) is 5.32 Å². The molecule has 0 aromatic heterocycles. The van der Waals surface area contributed by atoms with E-state index in [1.54, 1.807) is 18.2 Å². The number of rotatable bonds is 5. The van der Waals surface area contributed by atoms with Gasteiger partial charge in [-0.3, -0.25) is 4.79 Å². The summed E-state index contributed by atoms with van der Waals surface area (Å²) >= 11 is 17.6. The molecule has 1 atom stereocenters. The minimum Gasteiger partial charge on any atom is -0.349 e. The number of amides is 1. The summed E-state index contributed by atoms with van der Waals surface area (Å²) in [5, 5.41) is 3.82. The molecule has 2 nitrogen and oxygen atoms in total. The van der Waals surface area contributed by atoms with Crippen LogP contribution in [0.15, 0.2) is 18.2 Å². The van der Waals surface area contributed by atoms with Crippen LogP contribution in [0.25, 0.3) is 0 Å². The van der Waals surface area contributed by atoms with Crippen molar-refractivity contribution < 1.29 is 4.79 Å². The normalized spacial score (nSPS) is 12.6. The Morgan fingerprint density at radius 2 is 2.00 bits per heavy atom. The largest absolute Gasteiger partial charge is 0.349 e. The Balaban J connectivity index is 2.83. The van der Waals surface area contributed by atoms with Gasteiger partial charge in [-0.2, -0.15) is 0 Å². The molecule has 1 aromatic carbocycles. The van der Waals surface area contributed by atoms with Crippen molar-refractivity contribution in [3.63, 3.8) is 0 Å². The van der Waals surface area contributed by atoms with Crippen LogP contribution < -0.4 is 5.32 Å². The average molecular weight is 309 g/mol. The van der Waals surface area contributed by atoms with Gasteiger partial charge in [0, 0.05) is 16.9 Å². The second-order valence-electron chi connectivity index (χ2n) is 4.43. The predicted octanol–water partition coefficient (Wildman–Crippen LogP) is 4.38. The molecule has 0 fully saturated rings. The lowest BCUT2D eigenvalue weighted by atomic mass is 10.0. The lowest BCUT2D eigenvalue weighted by Crippen LogP contribution is -2.39. The van der Waals surface area contributed by atoms with Gasteiger partial charge in [-0.05, 0) is 30.5 Å². The maximum absolute atomic E-state index is 12.1. The lowest BCUT2D eigenvalue weighted by molar-refractivity contribution is 0.0925. The third-order valence-electron chi connectivity index (χ3n) is 2.71. The summed E-state index contributed by atoms with van der Waals surface area (Å²) in [6.45, 7) is 4.08. The van der Waals surface area contributed by atoms with Gasteiger partial charge in [0.1, 0.15) is 0 Å². The number of carbonyl (C=O) groups is 1. The van der Waals surface area contributed by atoms with Crippen molar-refractivity contribution in [2.45, 2.75) is 26.3 Å². The third kappa shape index (κ3) is 4.34. The van der Waals surface area contributed by atoms with Gasteiger partial charge in [0.05, 0.1) is 10.6 Å². The van der Waals surface area contributed by atoms with E-state index in [-0.39, 0.29) is 11.9 Å². The zero-order valence-electron chi connectivity index (χ0n) is 10.3. The molecule has 18 heavy (non-hydrogen) atoms. The summed E-state index contributed by atoms with van der Waals surface area (Å²) in [5.74, 6) is 0.601. The fourth-order valence-corrected chi connectivity index (χ4v) is 2.22. The van der Waals surface area contributed by atoms with Gasteiger partial charge in [-0.15, -0.1) is 11.6 Å². The summed E-state index contributed by atoms with van der Waals surface area (Å²) in [5.41, 5.74) is 0.393. The fourth-order valence-electron chi connectivity index (χ4n) is 1.61. The van der Waals surface area contributed by atoms with E-state index in [1.807, 2.05) is 13.8 Å². The van der Waals surface area contributed by atoms with E-state index in [1.165, 1.54) is 0 Å². The number of halogens is 3. The molecule has 0 radical (unpaired) electrons. The van der Waals surface area contributed by atoms with E-state index in [9.17, 15) is 4.79 Å². The summed E-state index contributed by atoms with van der Waals surface area (Å²) < 4.78 is 0. The van der Waals surface area contributed by atoms with Crippen LogP contribution in [0.4, 0.5) is 0 Å². The predicted molar refractivity (Wildman–Crippen MR) is 77.9 cm³/mol. The summed E-state index contributed by atoms with van der Waals surface area (Å²) in [4.78, 5) is 12.1. The smallest absolute Gasteiger partial charge is 0.253 e. The van der Waals surface area contributed by atoms with Crippen LogP contribution in [0.3, 0.4) is 0 Å². The van der Waals surface area contributed by atoms with E-state index >= 15 is 0 Å². The summed E-state index contributed by atoms with van der Waals surface area (Å²) in [6.07, 6.45) is 0.725. The molecule has 1 N–H and O–H groups in total. The Bertz CT molecular complexity index is 421. The Labute approximate surface area is 123 Å². The second-order valence-corrected chi connectivity index (χ2v) is 5.65. The van der Waals surface area contributed by atoms with Crippen molar-refractivity contribution in [3.8, 4) is 0 Å². The molecule has 0 aliphatic carbocycles. The molecule has 0 aliphatic rings. The van der Waals surface area contributed by atoms with E-state index in [4.69, 9.17) is 34.8 Å². The minimum absolute atomic E-state index is 0.0325. The molecule has 0 heterocycles. The Morgan fingerprint density at radius 1 is 1.33 bits per heavy atom. The summed E-state index contributed by atoms with van der Waals surface area (Å²) in [6, 6.07) is 4.87. The van der Waals surface area contributed by atoms with Gasteiger partial charge in [0.2, 0.25) is 0 Å². The number of carbonyl (C=O) groups excluding carboxylic acids is 1. The first kappa shape index (κ1) is 15.6. The molecule has 1 unspecified atom stereocenters. The van der Waals surface area contributed by atoms with Gasteiger partial charge in [-0.1, -0.05) is 37.0 Å². The van der Waals surface area contributed by atoms with Crippen LogP contribution in [0.1, 0.15) is 30.6 Å². The van der Waals surface area contributed by atoms with Crippen molar-refractivity contribution in [3.05, 3.63) is 33.8 Å². The fraction of sp³-hybridized carbons (Fsp3) is 0.462. The highest BCUT2D eigenvalue weighted by molar-refractivity contribution is 6.35. The zero-order valence-corrected chi connectivity index (χ0v) is 12.6. The number of benzene rings is 1. The monoisotopic (exact) mass is 307 g/mol. The molecular formula is C13H16Cl3NO. The molecule has 1 aromatic rings. The van der Waals surface area contributed by atoms with Gasteiger partial charge < -0.3 is 5.32 Å². The Kier molecular flexibility index (Phi) is 6.27. The van der Waals surface area contributed by atoms with Crippen molar-refractivity contribution in [2.24, 2.45) is 5.92 Å². The van der Waals surface area contributed by atoms with E-state index in [2.05, 4.69) is 5.32 Å². The van der Waals surface area contributed by atoms with Crippen LogP contribution in [-0.4, -0.2) is 17.8 Å². The maximum atomic E-state index is 12.1. The molecule has 1 amide bonds. The molecule has 1 rings (SSSR count). The highest BCUT2D eigenvalue weighted by Crippen LogP contribution is 2.21. The minimum atomic E-state index is -0.216. The second kappa shape index (κ2) is 7.22. The Hall–Kier alpha value is -0.440. The molecule has 0 spiro atoms.